The number of ether oxygens (including phenoxy) is 2. The van der Waals surface area contributed by atoms with Crippen LogP contribution in [0.2, 0.25) is 0 Å². The number of guanidine groups is 1. The zero-order chi connectivity index (χ0) is 17.2. The lowest BCUT2D eigenvalue weighted by Gasteiger charge is -2.12. The molecule has 2 rings (SSSR count). The van der Waals surface area contributed by atoms with Crippen molar-refractivity contribution in [1.82, 2.24) is 10.6 Å². The van der Waals surface area contributed by atoms with Crippen LogP contribution in [0.1, 0.15) is 38.3 Å². The van der Waals surface area contributed by atoms with E-state index >= 15 is 0 Å². The first-order chi connectivity index (χ1) is 11.7. The van der Waals surface area contributed by atoms with Gasteiger partial charge < -0.3 is 20.1 Å². The Balaban J connectivity index is 1.72. The maximum absolute atomic E-state index is 5.55. The summed E-state index contributed by atoms with van der Waals surface area (Å²) in [6.45, 7) is 10.3. The number of benzene rings is 1. The van der Waals surface area contributed by atoms with Gasteiger partial charge in [-0.1, -0.05) is 12.1 Å². The molecule has 0 aromatic heterocycles. The summed E-state index contributed by atoms with van der Waals surface area (Å²) in [6, 6.07) is 6.50. The minimum absolute atomic E-state index is 0.290. The number of hydrogen-bond acceptors (Lipinski definition) is 3. The van der Waals surface area contributed by atoms with Crippen molar-refractivity contribution in [3.05, 3.63) is 29.3 Å². The predicted octanol–water partition coefficient (Wildman–Crippen LogP) is 2.53. The minimum atomic E-state index is 0.290. The maximum atomic E-state index is 5.55. The molecule has 0 amide bonds. The average Bonchev–Trinajstić information content (AvgIpc) is 3.02. The minimum Gasteiger partial charge on any atom is -0.493 e. The zero-order valence-corrected chi connectivity index (χ0v) is 15.2. The second-order valence-corrected chi connectivity index (χ2v) is 6.25. The van der Waals surface area contributed by atoms with E-state index < -0.39 is 0 Å². The summed E-state index contributed by atoms with van der Waals surface area (Å²) < 4.78 is 11.1. The summed E-state index contributed by atoms with van der Waals surface area (Å²) in [4.78, 5) is 4.59. The van der Waals surface area contributed by atoms with Gasteiger partial charge in [0.15, 0.2) is 5.96 Å². The molecule has 1 aliphatic heterocycles. The van der Waals surface area contributed by atoms with Crippen LogP contribution in [-0.4, -0.2) is 44.9 Å². The predicted molar refractivity (Wildman–Crippen MR) is 99.0 cm³/mol. The van der Waals surface area contributed by atoms with Gasteiger partial charge in [0.2, 0.25) is 0 Å². The molecule has 24 heavy (non-hydrogen) atoms. The number of aliphatic imine (C=N–C) groups is 1. The Kier molecular flexibility index (Phi) is 7.89. The van der Waals surface area contributed by atoms with E-state index in [1.165, 1.54) is 11.1 Å². The Morgan fingerprint density at radius 2 is 2.21 bits per heavy atom. The van der Waals surface area contributed by atoms with E-state index in [1.807, 2.05) is 0 Å². The van der Waals surface area contributed by atoms with Crippen molar-refractivity contribution in [2.75, 3.05) is 32.8 Å². The lowest BCUT2D eigenvalue weighted by atomic mass is 10.1. The van der Waals surface area contributed by atoms with Crippen LogP contribution in [0.15, 0.2) is 23.2 Å². The third kappa shape index (κ3) is 6.40. The molecular weight excluding hydrogens is 302 g/mol. The SMILES string of the molecule is CCNC(=NCCCOC(C)C)NCCc1ccc2c(c1)CCO2. The molecule has 0 saturated heterocycles. The highest BCUT2D eigenvalue weighted by Gasteiger charge is 2.11. The Morgan fingerprint density at radius 3 is 3.00 bits per heavy atom. The van der Waals surface area contributed by atoms with E-state index in [0.717, 1.165) is 63.8 Å². The highest BCUT2D eigenvalue weighted by Crippen LogP contribution is 2.25. The fourth-order valence-electron chi connectivity index (χ4n) is 2.64. The summed E-state index contributed by atoms with van der Waals surface area (Å²) in [6.07, 6.45) is 3.24. The molecule has 0 saturated carbocycles. The summed E-state index contributed by atoms with van der Waals surface area (Å²) in [5.74, 6) is 1.93. The third-order valence-electron chi connectivity index (χ3n) is 3.83. The lowest BCUT2D eigenvalue weighted by molar-refractivity contribution is 0.0782. The van der Waals surface area contributed by atoms with Crippen molar-refractivity contribution < 1.29 is 9.47 Å². The first-order valence-electron chi connectivity index (χ1n) is 9.07. The second kappa shape index (κ2) is 10.2. The van der Waals surface area contributed by atoms with E-state index in [0.29, 0.717) is 0 Å². The molecule has 1 aliphatic rings. The van der Waals surface area contributed by atoms with Gasteiger partial charge in [-0.15, -0.1) is 0 Å². The van der Waals surface area contributed by atoms with Gasteiger partial charge in [-0.25, -0.2) is 0 Å². The fraction of sp³-hybridized carbons (Fsp3) is 0.632. The molecule has 134 valence electrons. The molecule has 5 nitrogen and oxygen atoms in total. The maximum Gasteiger partial charge on any atom is 0.191 e. The van der Waals surface area contributed by atoms with Crippen LogP contribution in [0.5, 0.6) is 5.75 Å². The summed E-state index contributed by atoms with van der Waals surface area (Å²) in [7, 11) is 0. The molecule has 1 heterocycles. The Hall–Kier alpha value is -1.75. The average molecular weight is 333 g/mol. The molecule has 0 radical (unpaired) electrons. The van der Waals surface area contributed by atoms with Gasteiger partial charge >= 0.3 is 0 Å². The smallest absolute Gasteiger partial charge is 0.191 e. The largest absolute Gasteiger partial charge is 0.493 e. The standard InChI is InChI=1S/C19H31N3O2/c1-4-20-19(21-10-5-12-23-15(2)3)22-11-8-16-6-7-18-17(14-16)9-13-24-18/h6-7,14-15H,4-5,8-13H2,1-3H3,(H2,20,21,22). The Bertz CT molecular complexity index is 529. The van der Waals surface area contributed by atoms with E-state index in [4.69, 9.17) is 9.47 Å². The molecule has 0 spiro atoms. The van der Waals surface area contributed by atoms with Crippen LogP contribution in [0.3, 0.4) is 0 Å². The highest BCUT2D eigenvalue weighted by molar-refractivity contribution is 5.79. The summed E-state index contributed by atoms with van der Waals surface area (Å²) >= 11 is 0. The zero-order valence-electron chi connectivity index (χ0n) is 15.2. The number of nitrogens with one attached hydrogen (secondary N) is 2. The van der Waals surface area contributed by atoms with Crippen molar-refractivity contribution in [2.24, 2.45) is 4.99 Å². The van der Waals surface area contributed by atoms with Crippen molar-refractivity contribution in [3.8, 4) is 5.75 Å². The Morgan fingerprint density at radius 1 is 1.33 bits per heavy atom. The molecule has 2 N–H and O–H groups in total. The summed E-state index contributed by atoms with van der Waals surface area (Å²) in [5, 5.41) is 6.69. The Labute approximate surface area is 145 Å². The van der Waals surface area contributed by atoms with Gasteiger partial charge in [-0.05, 0) is 50.8 Å². The van der Waals surface area contributed by atoms with Crippen molar-refractivity contribution in [1.29, 1.82) is 0 Å². The van der Waals surface area contributed by atoms with Gasteiger partial charge in [0.05, 0.1) is 12.7 Å². The molecule has 0 unspecified atom stereocenters. The van der Waals surface area contributed by atoms with Gasteiger partial charge in [0.25, 0.3) is 0 Å². The van der Waals surface area contributed by atoms with Crippen LogP contribution in [-0.2, 0) is 17.6 Å². The highest BCUT2D eigenvalue weighted by atomic mass is 16.5. The van der Waals surface area contributed by atoms with E-state index in [2.05, 4.69) is 54.6 Å². The first kappa shape index (κ1) is 18.6. The molecular formula is C19H31N3O2. The molecule has 1 aromatic rings. The van der Waals surface area contributed by atoms with Crippen LogP contribution in [0, 0.1) is 0 Å². The van der Waals surface area contributed by atoms with E-state index in [9.17, 15) is 0 Å². The number of nitrogens with zero attached hydrogens (tertiary/aromatic N) is 1. The van der Waals surface area contributed by atoms with E-state index in [1.54, 1.807) is 0 Å². The second-order valence-electron chi connectivity index (χ2n) is 6.25. The third-order valence-corrected chi connectivity index (χ3v) is 3.83. The van der Waals surface area contributed by atoms with Gasteiger partial charge in [0.1, 0.15) is 5.75 Å². The fourth-order valence-corrected chi connectivity index (χ4v) is 2.64. The molecule has 0 fully saturated rings. The van der Waals surface area contributed by atoms with E-state index in [-0.39, 0.29) is 6.10 Å². The van der Waals surface area contributed by atoms with Gasteiger partial charge in [-0.3, -0.25) is 4.99 Å². The van der Waals surface area contributed by atoms with Crippen LogP contribution < -0.4 is 15.4 Å². The normalized spacial score (nSPS) is 13.8. The lowest BCUT2D eigenvalue weighted by Crippen LogP contribution is -2.38. The number of rotatable bonds is 9. The monoisotopic (exact) mass is 333 g/mol. The topological polar surface area (TPSA) is 54.9 Å². The summed E-state index contributed by atoms with van der Waals surface area (Å²) in [5.41, 5.74) is 2.67. The van der Waals surface area contributed by atoms with Crippen LogP contribution in [0.25, 0.3) is 0 Å². The first-order valence-corrected chi connectivity index (χ1v) is 9.07. The van der Waals surface area contributed by atoms with Crippen LogP contribution in [0.4, 0.5) is 0 Å². The van der Waals surface area contributed by atoms with Crippen molar-refractivity contribution in [2.45, 2.75) is 46.1 Å². The van der Waals surface area contributed by atoms with Gasteiger partial charge in [-0.2, -0.15) is 0 Å². The molecule has 0 aliphatic carbocycles. The number of fused-ring (bicyclic) bond motifs is 1. The quantitative estimate of drug-likeness (QED) is 0.414. The van der Waals surface area contributed by atoms with Crippen LogP contribution >= 0.6 is 0 Å². The molecule has 0 atom stereocenters. The molecule has 5 heteroatoms. The molecule has 0 bridgehead atoms. The van der Waals surface area contributed by atoms with Crippen molar-refractivity contribution >= 4 is 5.96 Å². The molecule has 1 aromatic carbocycles. The van der Waals surface area contributed by atoms with Crippen molar-refractivity contribution in [3.63, 3.8) is 0 Å². The number of hydrogen-bond donors (Lipinski definition) is 2. The van der Waals surface area contributed by atoms with Gasteiger partial charge in [0, 0.05) is 32.7 Å².